The number of aromatic nitrogens is 1. The van der Waals surface area contributed by atoms with Crippen molar-refractivity contribution in [3.63, 3.8) is 0 Å². The predicted octanol–water partition coefficient (Wildman–Crippen LogP) is 4.31. The highest BCUT2D eigenvalue weighted by Crippen LogP contribution is 2.36. The first-order valence-electron chi connectivity index (χ1n) is 9.33. The number of benzene rings is 2. The van der Waals surface area contributed by atoms with Gasteiger partial charge in [0.2, 0.25) is 5.91 Å². The molecule has 0 saturated carbocycles. The lowest BCUT2D eigenvalue weighted by Gasteiger charge is -2.18. The summed E-state index contributed by atoms with van der Waals surface area (Å²) in [5.41, 5.74) is 4.45. The molecule has 28 heavy (non-hydrogen) atoms. The molecule has 0 bridgehead atoms. The van der Waals surface area contributed by atoms with Crippen molar-refractivity contribution in [3.8, 4) is 0 Å². The molecule has 1 aliphatic rings. The van der Waals surface area contributed by atoms with Crippen molar-refractivity contribution in [2.24, 2.45) is 7.05 Å². The van der Waals surface area contributed by atoms with Crippen LogP contribution in [0, 0.1) is 19.7 Å². The number of fused-ring (bicyclic) bond motifs is 1. The topological polar surface area (TPSA) is 54.3 Å². The molecule has 5 nitrogen and oxygen atoms in total. The van der Waals surface area contributed by atoms with Crippen LogP contribution < -0.4 is 10.2 Å². The van der Waals surface area contributed by atoms with Gasteiger partial charge < -0.3 is 14.8 Å². The van der Waals surface area contributed by atoms with E-state index in [1.165, 1.54) is 12.1 Å². The van der Waals surface area contributed by atoms with Crippen molar-refractivity contribution in [1.29, 1.82) is 0 Å². The first-order chi connectivity index (χ1) is 13.4. The monoisotopic (exact) mass is 379 g/mol. The quantitative estimate of drug-likeness (QED) is 0.737. The smallest absolute Gasteiger partial charge is 0.274 e. The molecule has 0 aliphatic carbocycles. The summed E-state index contributed by atoms with van der Waals surface area (Å²) in [6, 6.07) is 10.1. The first kappa shape index (κ1) is 18.2. The summed E-state index contributed by atoms with van der Waals surface area (Å²) in [5.74, 6) is -0.763. The number of anilines is 2. The lowest BCUT2D eigenvalue weighted by Crippen LogP contribution is -2.27. The Kier molecular flexibility index (Phi) is 4.41. The highest BCUT2D eigenvalue weighted by molar-refractivity contribution is 6.17. The number of halogens is 1. The maximum Gasteiger partial charge on any atom is 0.274 e. The van der Waals surface area contributed by atoms with Gasteiger partial charge in [-0.2, -0.15) is 0 Å². The molecular formula is C22H22FN3O2. The van der Waals surface area contributed by atoms with Gasteiger partial charge in [0, 0.05) is 31.1 Å². The first-order valence-corrected chi connectivity index (χ1v) is 9.33. The number of nitrogens with zero attached hydrogens (tertiary/aromatic N) is 2. The summed E-state index contributed by atoms with van der Waals surface area (Å²) >= 11 is 0. The standard InChI is InChI=1S/C22H22FN3O2/c1-13-6-8-16(11-14(13)2)24-22(28)21-20(26-10-4-5-19(26)27)17-12-15(23)7-9-18(17)25(21)3/h6-9,11-12H,4-5,10H2,1-3H3,(H,24,28). The summed E-state index contributed by atoms with van der Waals surface area (Å²) in [6.07, 6.45) is 1.16. The SMILES string of the molecule is Cc1ccc(NC(=O)c2c(N3CCCC3=O)c3cc(F)ccc3n2C)cc1C. The molecule has 2 heterocycles. The fourth-order valence-corrected chi connectivity index (χ4v) is 3.82. The molecule has 0 spiro atoms. The van der Waals surface area contributed by atoms with Crippen molar-refractivity contribution < 1.29 is 14.0 Å². The lowest BCUT2D eigenvalue weighted by molar-refractivity contribution is -0.117. The third-order valence-corrected chi connectivity index (χ3v) is 5.46. The Bertz CT molecular complexity index is 1120. The predicted molar refractivity (Wildman–Crippen MR) is 108 cm³/mol. The molecule has 1 N–H and O–H groups in total. The molecule has 1 aromatic heterocycles. The Morgan fingerprint density at radius 1 is 1.11 bits per heavy atom. The maximum atomic E-state index is 14.0. The summed E-state index contributed by atoms with van der Waals surface area (Å²) < 4.78 is 15.7. The molecule has 3 aromatic rings. The Morgan fingerprint density at radius 3 is 2.57 bits per heavy atom. The Hall–Kier alpha value is -3.15. The van der Waals surface area contributed by atoms with Crippen molar-refractivity contribution in [1.82, 2.24) is 4.57 Å². The summed E-state index contributed by atoms with van der Waals surface area (Å²) in [6.45, 7) is 4.52. The molecule has 2 aromatic carbocycles. The van der Waals surface area contributed by atoms with Crippen LogP contribution in [0.15, 0.2) is 36.4 Å². The van der Waals surface area contributed by atoms with Crippen molar-refractivity contribution in [3.05, 3.63) is 59.0 Å². The van der Waals surface area contributed by atoms with E-state index < -0.39 is 5.82 Å². The Balaban J connectivity index is 1.85. The minimum absolute atomic E-state index is 0.0445. The maximum absolute atomic E-state index is 14.0. The summed E-state index contributed by atoms with van der Waals surface area (Å²) in [7, 11) is 1.76. The highest BCUT2D eigenvalue weighted by Gasteiger charge is 2.31. The van der Waals surface area contributed by atoms with Crippen LogP contribution >= 0.6 is 0 Å². The molecule has 0 unspecified atom stereocenters. The van der Waals surface area contributed by atoms with Gasteiger partial charge in [0.1, 0.15) is 11.5 Å². The minimum atomic E-state index is -0.396. The number of rotatable bonds is 3. The zero-order valence-corrected chi connectivity index (χ0v) is 16.2. The molecule has 1 fully saturated rings. The van der Waals surface area contributed by atoms with E-state index in [2.05, 4.69) is 5.32 Å². The number of hydrogen-bond donors (Lipinski definition) is 1. The number of hydrogen-bond acceptors (Lipinski definition) is 2. The molecule has 6 heteroatoms. The van der Waals surface area contributed by atoms with E-state index in [-0.39, 0.29) is 11.8 Å². The number of aryl methyl sites for hydroxylation is 3. The van der Waals surface area contributed by atoms with E-state index in [9.17, 15) is 14.0 Å². The Morgan fingerprint density at radius 2 is 1.89 bits per heavy atom. The van der Waals surface area contributed by atoms with Crippen LogP contribution in [0.2, 0.25) is 0 Å². The zero-order chi connectivity index (χ0) is 20.0. The third-order valence-electron chi connectivity index (χ3n) is 5.46. The van der Waals surface area contributed by atoms with Crippen LogP contribution in [0.25, 0.3) is 10.9 Å². The van der Waals surface area contributed by atoms with Crippen molar-refractivity contribution >= 4 is 34.1 Å². The largest absolute Gasteiger partial charge is 0.338 e. The molecule has 0 atom stereocenters. The van der Waals surface area contributed by atoms with E-state index in [0.717, 1.165) is 17.5 Å². The van der Waals surface area contributed by atoms with E-state index in [1.807, 2.05) is 32.0 Å². The van der Waals surface area contributed by atoms with Crippen LogP contribution in [0.3, 0.4) is 0 Å². The van der Waals surface area contributed by atoms with Gasteiger partial charge in [0.15, 0.2) is 0 Å². The van der Waals surface area contributed by atoms with Crippen LogP contribution in [-0.4, -0.2) is 22.9 Å². The number of carbonyl (C=O) groups is 2. The average Bonchev–Trinajstić information content (AvgIpc) is 3.18. The molecule has 144 valence electrons. The lowest BCUT2D eigenvalue weighted by atomic mass is 10.1. The molecule has 2 amide bonds. The van der Waals surface area contributed by atoms with Crippen molar-refractivity contribution in [2.45, 2.75) is 26.7 Å². The number of carbonyl (C=O) groups excluding carboxylic acids is 2. The van der Waals surface area contributed by atoms with Gasteiger partial charge in [-0.1, -0.05) is 6.07 Å². The minimum Gasteiger partial charge on any atom is -0.338 e. The second kappa shape index (κ2) is 6.78. The third kappa shape index (κ3) is 2.95. The Labute approximate surface area is 162 Å². The zero-order valence-electron chi connectivity index (χ0n) is 16.2. The summed E-state index contributed by atoms with van der Waals surface area (Å²) in [5, 5.41) is 3.50. The van der Waals surface area contributed by atoms with E-state index in [4.69, 9.17) is 0 Å². The molecular weight excluding hydrogens is 357 g/mol. The average molecular weight is 379 g/mol. The van der Waals surface area contributed by atoms with Gasteiger partial charge in [0.05, 0.1) is 11.2 Å². The molecule has 1 aliphatic heterocycles. The molecule has 4 rings (SSSR count). The van der Waals surface area contributed by atoms with E-state index in [1.54, 1.807) is 22.6 Å². The van der Waals surface area contributed by atoms with Gasteiger partial charge in [0.25, 0.3) is 5.91 Å². The molecule has 0 radical (unpaired) electrons. The van der Waals surface area contributed by atoms with Crippen LogP contribution in [0.4, 0.5) is 15.8 Å². The van der Waals surface area contributed by atoms with Gasteiger partial charge in [-0.15, -0.1) is 0 Å². The van der Waals surface area contributed by atoms with Gasteiger partial charge >= 0.3 is 0 Å². The fourth-order valence-electron chi connectivity index (χ4n) is 3.82. The number of nitrogens with one attached hydrogen (secondary N) is 1. The van der Waals surface area contributed by atoms with Crippen LogP contribution in [-0.2, 0) is 11.8 Å². The fraction of sp³-hybridized carbons (Fsp3) is 0.273. The van der Waals surface area contributed by atoms with Crippen LogP contribution in [0.5, 0.6) is 0 Å². The second-order valence-electron chi connectivity index (χ2n) is 7.32. The van der Waals surface area contributed by atoms with E-state index >= 15 is 0 Å². The van der Waals surface area contributed by atoms with Crippen LogP contribution in [0.1, 0.15) is 34.5 Å². The normalized spacial score (nSPS) is 14.1. The highest BCUT2D eigenvalue weighted by atomic mass is 19.1. The van der Waals surface area contributed by atoms with Gasteiger partial charge in [-0.25, -0.2) is 4.39 Å². The number of amides is 2. The summed E-state index contributed by atoms with van der Waals surface area (Å²) in [4.78, 5) is 27.2. The van der Waals surface area contributed by atoms with Crippen molar-refractivity contribution in [2.75, 3.05) is 16.8 Å². The second-order valence-corrected chi connectivity index (χ2v) is 7.32. The van der Waals surface area contributed by atoms with E-state index in [0.29, 0.717) is 40.9 Å². The van der Waals surface area contributed by atoms with Gasteiger partial charge in [-0.3, -0.25) is 9.59 Å². The van der Waals surface area contributed by atoms with Gasteiger partial charge in [-0.05, 0) is 61.7 Å². The molecule has 1 saturated heterocycles.